The zero-order chi connectivity index (χ0) is 14.4. The van der Waals surface area contributed by atoms with Gasteiger partial charge in [-0.25, -0.2) is 9.97 Å². The van der Waals surface area contributed by atoms with Crippen LogP contribution in [0.1, 0.15) is 58.4 Å². The first-order valence-corrected chi connectivity index (χ1v) is 8.10. The van der Waals surface area contributed by atoms with Crippen molar-refractivity contribution in [3.63, 3.8) is 0 Å². The lowest BCUT2D eigenvalue weighted by Crippen LogP contribution is -2.25. The molecule has 1 unspecified atom stereocenters. The van der Waals surface area contributed by atoms with Gasteiger partial charge in [0, 0.05) is 18.2 Å². The number of nitrogens with one attached hydrogen (secondary N) is 2. The first-order chi connectivity index (χ1) is 9.76. The maximum absolute atomic E-state index is 4.47. The Kier molecular flexibility index (Phi) is 5.62. The van der Waals surface area contributed by atoms with Crippen molar-refractivity contribution < 1.29 is 0 Å². The summed E-state index contributed by atoms with van der Waals surface area (Å²) in [5, 5.41) is 7.03. The fraction of sp³-hybridized carbons (Fsp3) is 0.750. The highest BCUT2D eigenvalue weighted by Gasteiger charge is 2.22. The summed E-state index contributed by atoms with van der Waals surface area (Å²) < 4.78 is 0. The third kappa shape index (κ3) is 3.62. The average molecular weight is 276 g/mol. The standard InChI is InChI=1S/C16H28N4/c1-4-10-17-15-14(5-2)16(19-11-18-15)20-12(3)13-8-6-7-9-13/h11-13H,4-10H2,1-3H3,(H2,17,18,19,20). The van der Waals surface area contributed by atoms with Crippen molar-refractivity contribution in [1.29, 1.82) is 0 Å². The molecule has 0 radical (unpaired) electrons. The fourth-order valence-electron chi connectivity index (χ4n) is 3.06. The first kappa shape index (κ1) is 15.1. The predicted octanol–water partition coefficient (Wildman–Crippen LogP) is 3.85. The van der Waals surface area contributed by atoms with Gasteiger partial charge in [0.1, 0.15) is 18.0 Å². The van der Waals surface area contributed by atoms with Crippen molar-refractivity contribution in [2.24, 2.45) is 5.92 Å². The molecule has 1 aliphatic carbocycles. The third-order valence-corrected chi connectivity index (χ3v) is 4.31. The zero-order valence-corrected chi connectivity index (χ0v) is 13.1. The largest absolute Gasteiger partial charge is 0.370 e. The summed E-state index contributed by atoms with van der Waals surface area (Å²) in [7, 11) is 0. The lowest BCUT2D eigenvalue weighted by molar-refractivity contribution is 0.480. The van der Waals surface area contributed by atoms with Gasteiger partial charge < -0.3 is 10.6 Å². The molecular formula is C16H28N4. The second kappa shape index (κ2) is 7.46. The molecule has 1 fully saturated rings. The normalized spacial score (nSPS) is 17.1. The Morgan fingerprint density at radius 2 is 1.90 bits per heavy atom. The third-order valence-electron chi connectivity index (χ3n) is 4.31. The van der Waals surface area contributed by atoms with Crippen LogP contribution in [0.2, 0.25) is 0 Å². The molecule has 1 heterocycles. The van der Waals surface area contributed by atoms with Crippen LogP contribution in [0.15, 0.2) is 6.33 Å². The van der Waals surface area contributed by atoms with Crippen LogP contribution in [0.3, 0.4) is 0 Å². The Bertz CT molecular complexity index is 413. The number of hydrogen-bond donors (Lipinski definition) is 2. The van der Waals surface area contributed by atoms with Crippen molar-refractivity contribution in [1.82, 2.24) is 9.97 Å². The molecule has 4 nitrogen and oxygen atoms in total. The fourth-order valence-corrected chi connectivity index (χ4v) is 3.06. The van der Waals surface area contributed by atoms with Crippen LogP contribution in [0.25, 0.3) is 0 Å². The van der Waals surface area contributed by atoms with Crippen molar-refractivity contribution in [2.75, 3.05) is 17.2 Å². The van der Waals surface area contributed by atoms with Crippen LogP contribution < -0.4 is 10.6 Å². The Labute approximate surface area is 122 Å². The molecule has 0 aromatic carbocycles. The summed E-state index contributed by atoms with van der Waals surface area (Å²) in [6.07, 6.45) is 9.18. The van der Waals surface area contributed by atoms with Gasteiger partial charge in [-0.3, -0.25) is 0 Å². The monoisotopic (exact) mass is 276 g/mol. The molecule has 1 saturated carbocycles. The number of nitrogens with zero attached hydrogens (tertiary/aromatic N) is 2. The van der Waals surface area contributed by atoms with E-state index in [9.17, 15) is 0 Å². The van der Waals surface area contributed by atoms with E-state index in [0.29, 0.717) is 6.04 Å². The molecule has 1 aromatic rings. The minimum atomic E-state index is 0.497. The highest BCUT2D eigenvalue weighted by molar-refractivity contribution is 5.57. The van der Waals surface area contributed by atoms with Gasteiger partial charge >= 0.3 is 0 Å². The van der Waals surface area contributed by atoms with Crippen molar-refractivity contribution in [3.05, 3.63) is 11.9 Å². The molecule has 2 rings (SSSR count). The number of hydrogen-bond acceptors (Lipinski definition) is 4. The van der Waals surface area contributed by atoms with Gasteiger partial charge in [0.15, 0.2) is 0 Å². The zero-order valence-electron chi connectivity index (χ0n) is 13.1. The van der Waals surface area contributed by atoms with E-state index in [2.05, 4.69) is 41.4 Å². The molecule has 0 saturated heterocycles. The topological polar surface area (TPSA) is 49.8 Å². The van der Waals surface area contributed by atoms with Crippen molar-refractivity contribution in [3.8, 4) is 0 Å². The second-order valence-corrected chi connectivity index (χ2v) is 5.81. The molecule has 20 heavy (non-hydrogen) atoms. The lowest BCUT2D eigenvalue weighted by Gasteiger charge is -2.23. The van der Waals surface area contributed by atoms with Gasteiger partial charge in [0.05, 0.1) is 0 Å². The second-order valence-electron chi connectivity index (χ2n) is 5.81. The molecule has 1 atom stereocenters. The van der Waals surface area contributed by atoms with Gasteiger partial charge in [0.25, 0.3) is 0 Å². The highest BCUT2D eigenvalue weighted by Crippen LogP contribution is 2.30. The van der Waals surface area contributed by atoms with E-state index in [-0.39, 0.29) is 0 Å². The van der Waals surface area contributed by atoms with Crippen LogP contribution >= 0.6 is 0 Å². The molecule has 0 amide bonds. The van der Waals surface area contributed by atoms with E-state index < -0.39 is 0 Å². The van der Waals surface area contributed by atoms with Crippen LogP contribution in [-0.2, 0) is 6.42 Å². The molecule has 2 N–H and O–H groups in total. The quantitative estimate of drug-likeness (QED) is 0.794. The van der Waals surface area contributed by atoms with Crippen molar-refractivity contribution >= 4 is 11.6 Å². The summed E-state index contributed by atoms with van der Waals surface area (Å²) in [6, 6.07) is 0.497. The maximum atomic E-state index is 4.47. The van der Waals surface area contributed by atoms with E-state index in [1.807, 2.05) is 0 Å². The van der Waals surface area contributed by atoms with E-state index in [1.54, 1.807) is 6.33 Å². The summed E-state index contributed by atoms with van der Waals surface area (Å²) in [5.41, 5.74) is 1.21. The highest BCUT2D eigenvalue weighted by atomic mass is 15.1. The minimum Gasteiger partial charge on any atom is -0.370 e. The van der Waals surface area contributed by atoms with Crippen LogP contribution in [0.4, 0.5) is 11.6 Å². The number of rotatable bonds is 7. The Hall–Kier alpha value is -1.32. The smallest absolute Gasteiger partial charge is 0.134 e. The average Bonchev–Trinajstić information content (AvgIpc) is 2.99. The number of aromatic nitrogens is 2. The predicted molar refractivity (Wildman–Crippen MR) is 85.2 cm³/mol. The van der Waals surface area contributed by atoms with E-state index in [1.165, 1.54) is 31.2 Å². The summed E-state index contributed by atoms with van der Waals surface area (Å²) in [6.45, 7) is 7.58. The van der Waals surface area contributed by atoms with Gasteiger partial charge in [-0.1, -0.05) is 26.7 Å². The molecule has 0 spiro atoms. The van der Waals surface area contributed by atoms with E-state index >= 15 is 0 Å². The molecule has 0 aliphatic heterocycles. The summed E-state index contributed by atoms with van der Waals surface area (Å²) in [4.78, 5) is 8.86. The van der Waals surface area contributed by atoms with Crippen LogP contribution in [0, 0.1) is 5.92 Å². The molecule has 1 aromatic heterocycles. The maximum Gasteiger partial charge on any atom is 0.134 e. The molecular weight excluding hydrogens is 248 g/mol. The van der Waals surface area contributed by atoms with Crippen LogP contribution in [-0.4, -0.2) is 22.6 Å². The Morgan fingerprint density at radius 3 is 2.55 bits per heavy atom. The van der Waals surface area contributed by atoms with Gasteiger partial charge in [0.2, 0.25) is 0 Å². The Morgan fingerprint density at radius 1 is 1.20 bits per heavy atom. The molecule has 112 valence electrons. The Balaban J connectivity index is 2.09. The van der Waals surface area contributed by atoms with Crippen molar-refractivity contribution in [2.45, 2.75) is 65.3 Å². The SMILES string of the molecule is CCCNc1ncnc(NC(C)C2CCCC2)c1CC. The van der Waals surface area contributed by atoms with E-state index in [4.69, 9.17) is 0 Å². The molecule has 1 aliphatic rings. The first-order valence-electron chi connectivity index (χ1n) is 8.10. The summed E-state index contributed by atoms with van der Waals surface area (Å²) in [5.74, 6) is 2.80. The number of anilines is 2. The summed E-state index contributed by atoms with van der Waals surface area (Å²) >= 11 is 0. The van der Waals surface area contributed by atoms with Gasteiger partial charge in [-0.05, 0) is 38.5 Å². The minimum absolute atomic E-state index is 0.497. The lowest BCUT2D eigenvalue weighted by atomic mass is 9.99. The molecule has 4 heteroatoms. The molecule has 0 bridgehead atoms. The van der Waals surface area contributed by atoms with Gasteiger partial charge in [-0.2, -0.15) is 0 Å². The van der Waals surface area contributed by atoms with Gasteiger partial charge in [-0.15, -0.1) is 0 Å². The van der Waals surface area contributed by atoms with E-state index in [0.717, 1.165) is 36.9 Å². The van der Waals surface area contributed by atoms with Crippen LogP contribution in [0.5, 0.6) is 0 Å².